The van der Waals surface area contributed by atoms with Crippen LogP contribution in [0.2, 0.25) is 0 Å². The summed E-state index contributed by atoms with van der Waals surface area (Å²) < 4.78 is 10.7. The maximum Gasteiger partial charge on any atom is 0.261 e. The molecule has 1 saturated heterocycles. The lowest BCUT2D eigenvalue weighted by atomic mass is 10.3. The molecule has 2 heterocycles. The second-order valence-electron chi connectivity index (χ2n) is 3.43. The summed E-state index contributed by atoms with van der Waals surface area (Å²) in [5, 5.41) is 7.52. The van der Waals surface area contributed by atoms with Crippen LogP contribution >= 0.6 is 0 Å². The fourth-order valence-corrected chi connectivity index (χ4v) is 1.60. The molecule has 0 radical (unpaired) electrons. The molecule has 0 aliphatic carbocycles. The van der Waals surface area contributed by atoms with Crippen LogP contribution in [0.3, 0.4) is 0 Å². The largest absolute Gasteiger partial charge is 0.425 e. The van der Waals surface area contributed by atoms with E-state index in [0.717, 1.165) is 0 Å². The molecule has 0 atom stereocenters. The summed E-state index contributed by atoms with van der Waals surface area (Å²) >= 11 is 0. The molecular weight excluding hydrogens is 212 g/mol. The third kappa shape index (κ3) is 2.00. The minimum absolute atomic E-state index is 0.196. The van der Waals surface area contributed by atoms with Gasteiger partial charge in [0.2, 0.25) is 5.88 Å². The van der Waals surface area contributed by atoms with E-state index in [4.69, 9.17) is 20.5 Å². The Hall–Kier alpha value is -1.60. The van der Waals surface area contributed by atoms with Gasteiger partial charge in [-0.15, -0.1) is 0 Å². The van der Waals surface area contributed by atoms with Crippen LogP contribution in [0, 0.1) is 12.3 Å². The zero-order chi connectivity index (χ0) is 11.5. The van der Waals surface area contributed by atoms with Gasteiger partial charge in [0.25, 0.3) is 5.90 Å². The molecule has 0 spiro atoms. The van der Waals surface area contributed by atoms with Gasteiger partial charge in [0.1, 0.15) is 0 Å². The van der Waals surface area contributed by atoms with E-state index < -0.39 is 0 Å². The fourth-order valence-electron chi connectivity index (χ4n) is 1.60. The number of morpholine rings is 1. The third-order valence-corrected chi connectivity index (χ3v) is 2.35. The Morgan fingerprint density at radius 3 is 2.81 bits per heavy atom. The van der Waals surface area contributed by atoms with Crippen LogP contribution in [0.4, 0.5) is 5.88 Å². The van der Waals surface area contributed by atoms with Gasteiger partial charge in [0.15, 0.2) is 11.6 Å². The minimum atomic E-state index is -0.196. The molecule has 2 rings (SSSR count). The maximum atomic E-state index is 7.52. The Labute approximate surface area is 92.6 Å². The Morgan fingerprint density at radius 2 is 2.19 bits per heavy atom. The summed E-state index contributed by atoms with van der Waals surface area (Å²) in [6, 6.07) is 0. The first kappa shape index (κ1) is 10.9. The van der Waals surface area contributed by atoms with Gasteiger partial charge in [0, 0.05) is 20.0 Å². The summed E-state index contributed by atoms with van der Waals surface area (Å²) in [5.41, 5.74) is 0.335. The van der Waals surface area contributed by atoms with E-state index in [1.165, 1.54) is 0 Å². The van der Waals surface area contributed by atoms with Crippen LogP contribution in [0.15, 0.2) is 4.42 Å². The van der Waals surface area contributed by atoms with Gasteiger partial charge in [-0.05, 0) is 0 Å². The number of anilines is 1. The quantitative estimate of drug-likeness (QED) is 0.419. The molecule has 7 heteroatoms. The van der Waals surface area contributed by atoms with E-state index in [-0.39, 0.29) is 5.90 Å². The average molecular weight is 226 g/mol. The number of nitrogens with zero attached hydrogens (tertiary/aromatic N) is 2. The molecule has 3 N–H and O–H groups in total. The molecule has 0 bridgehead atoms. The van der Waals surface area contributed by atoms with Gasteiger partial charge < -0.3 is 18.9 Å². The fraction of sp³-hybridized carbons (Fsp3) is 0.556. The van der Waals surface area contributed by atoms with Crippen molar-refractivity contribution in [3.05, 3.63) is 11.6 Å². The van der Waals surface area contributed by atoms with Crippen LogP contribution in [-0.4, -0.2) is 37.2 Å². The predicted octanol–water partition coefficient (Wildman–Crippen LogP) is 0.0353. The highest BCUT2D eigenvalue weighted by atomic mass is 16.6. The molecule has 1 aromatic rings. The average Bonchev–Trinajstić information content (AvgIpc) is 2.71. The molecule has 1 aromatic heterocycles. The van der Waals surface area contributed by atoms with E-state index in [0.29, 0.717) is 43.8 Å². The molecule has 0 aromatic carbocycles. The van der Waals surface area contributed by atoms with Crippen molar-refractivity contribution in [1.29, 1.82) is 5.41 Å². The van der Waals surface area contributed by atoms with Crippen LogP contribution in [0.1, 0.15) is 11.6 Å². The molecule has 88 valence electrons. The molecule has 1 aliphatic heterocycles. The number of hydrogen-bond donors (Lipinski definition) is 2. The van der Waals surface area contributed by atoms with Crippen molar-refractivity contribution >= 4 is 11.8 Å². The zero-order valence-electron chi connectivity index (χ0n) is 9.02. The molecule has 0 amide bonds. The number of hydrogen-bond acceptors (Lipinski definition) is 7. The van der Waals surface area contributed by atoms with Crippen molar-refractivity contribution in [2.24, 2.45) is 5.90 Å². The Morgan fingerprint density at radius 1 is 1.50 bits per heavy atom. The van der Waals surface area contributed by atoms with Crippen LogP contribution in [-0.2, 0) is 9.57 Å². The highest BCUT2D eigenvalue weighted by Crippen LogP contribution is 2.23. The third-order valence-electron chi connectivity index (χ3n) is 2.35. The van der Waals surface area contributed by atoms with Gasteiger partial charge in [-0.1, -0.05) is 0 Å². The van der Waals surface area contributed by atoms with Gasteiger partial charge in [0.05, 0.1) is 13.2 Å². The first-order valence-corrected chi connectivity index (χ1v) is 4.98. The van der Waals surface area contributed by atoms with Gasteiger partial charge in [-0.3, -0.25) is 5.41 Å². The maximum absolute atomic E-state index is 7.52. The van der Waals surface area contributed by atoms with E-state index in [2.05, 4.69) is 9.82 Å². The SMILES string of the molecule is Cc1nc(C(=N)ON)c(N2CCOCC2)o1. The van der Waals surface area contributed by atoms with Crippen molar-refractivity contribution in [3.8, 4) is 0 Å². The van der Waals surface area contributed by atoms with Crippen LogP contribution in [0.5, 0.6) is 0 Å². The lowest BCUT2D eigenvalue weighted by molar-refractivity contribution is 0.120. The monoisotopic (exact) mass is 226 g/mol. The highest BCUT2D eigenvalue weighted by Gasteiger charge is 2.23. The van der Waals surface area contributed by atoms with Gasteiger partial charge >= 0.3 is 0 Å². The second kappa shape index (κ2) is 4.50. The Balaban J connectivity index is 2.27. The van der Waals surface area contributed by atoms with E-state index >= 15 is 0 Å². The van der Waals surface area contributed by atoms with Gasteiger partial charge in [-0.2, -0.15) is 5.90 Å². The molecule has 0 unspecified atom stereocenters. The lowest BCUT2D eigenvalue weighted by Gasteiger charge is -2.26. The van der Waals surface area contributed by atoms with Crippen molar-refractivity contribution in [2.75, 3.05) is 31.2 Å². The number of ether oxygens (including phenoxy) is 1. The molecule has 16 heavy (non-hydrogen) atoms. The van der Waals surface area contributed by atoms with Crippen molar-refractivity contribution < 1.29 is 14.0 Å². The number of aryl methyl sites for hydroxylation is 1. The summed E-state index contributed by atoms with van der Waals surface area (Å²) in [6.45, 7) is 4.40. The van der Waals surface area contributed by atoms with E-state index in [1.54, 1.807) is 6.92 Å². The normalized spacial score (nSPS) is 16.2. The molecule has 1 aliphatic rings. The molecule has 7 nitrogen and oxygen atoms in total. The lowest BCUT2D eigenvalue weighted by Crippen LogP contribution is -2.37. The number of aromatic nitrogens is 1. The first-order chi connectivity index (χ1) is 7.72. The zero-order valence-corrected chi connectivity index (χ0v) is 9.02. The van der Waals surface area contributed by atoms with Crippen LogP contribution < -0.4 is 10.8 Å². The molecular formula is C9H14N4O3. The molecule has 1 fully saturated rings. The van der Waals surface area contributed by atoms with E-state index in [9.17, 15) is 0 Å². The van der Waals surface area contributed by atoms with Crippen molar-refractivity contribution in [1.82, 2.24) is 4.98 Å². The minimum Gasteiger partial charge on any atom is -0.425 e. The second-order valence-corrected chi connectivity index (χ2v) is 3.43. The standard InChI is InChI=1S/C9H14N4O3/c1-6-12-7(8(10)16-11)9(15-6)13-2-4-14-5-3-13/h10H,2-5,11H2,1H3. The van der Waals surface area contributed by atoms with Gasteiger partial charge in [-0.25, -0.2) is 4.98 Å². The summed E-state index contributed by atoms with van der Waals surface area (Å²) in [6.07, 6.45) is 0. The smallest absolute Gasteiger partial charge is 0.261 e. The number of oxazole rings is 1. The Kier molecular flexibility index (Phi) is 3.07. The number of nitrogens with two attached hydrogens (primary N) is 1. The summed E-state index contributed by atoms with van der Waals surface area (Å²) in [4.78, 5) is 10.4. The van der Waals surface area contributed by atoms with E-state index in [1.807, 2.05) is 4.90 Å². The highest BCUT2D eigenvalue weighted by molar-refractivity contribution is 5.94. The topological polar surface area (TPSA) is 97.6 Å². The predicted molar refractivity (Wildman–Crippen MR) is 56.4 cm³/mol. The molecule has 0 saturated carbocycles. The van der Waals surface area contributed by atoms with Crippen LogP contribution in [0.25, 0.3) is 0 Å². The Bertz CT molecular complexity index is 384. The summed E-state index contributed by atoms with van der Waals surface area (Å²) in [7, 11) is 0. The number of rotatable bonds is 2. The summed E-state index contributed by atoms with van der Waals surface area (Å²) in [5.74, 6) is 5.78. The van der Waals surface area contributed by atoms with Crippen molar-refractivity contribution in [3.63, 3.8) is 0 Å². The number of nitrogens with one attached hydrogen (secondary N) is 1. The van der Waals surface area contributed by atoms with Crippen molar-refractivity contribution in [2.45, 2.75) is 6.92 Å². The first-order valence-electron chi connectivity index (χ1n) is 4.98.